The van der Waals surface area contributed by atoms with Crippen molar-refractivity contribution >= 4 is 29.9 Å². The van der Waals surface area contributed by atoms with E-state index in [0.29, 0.717) is 6.04 Å². The molecule has 0 spiro atoms. The van der Waals surface area contributed by atoms with Crippen LogP contribution in [0, 0.1) is 0 Å². The van der Waals surface area contributed by atoms with Gasteiger partial charge in [0.15, 0.2) is 5.96 Å². The minimum atomic E-state index is 0. The maximum atomic E-state index is 5.09. The third kappa shape index (κ3) is 7.33. The number of aliphatic imine (C=N–C) groups is 1. The van der Waals surface area contributed by atoms with E-state index in [1.807, 2.05) is 0 Å². The third-order valence-electron chi connectivity index (χ3n) is 4.13. The highest BCUT2D eigenvalue weighted by atomic mass is 127. The number of ether oxygens (including phenoxy) is 1. The molecule has 0 atom stereocenters. The van der Waals surface area contributed by atoms with Crippen LogP contribution < -0.4 is 10.6 Å². The van der Waals surface area contributed by atoms with Crippen molar-refractivity contribution in [3.05, 3.63) is 12.2 Å². The Kier molecular flexibility index (Phi) is 11.0. The second-order valence-electron chi connectivity index (χ2n) is 5.92. The maximum absolute atomic E-state index is 5.09. The highest BCUT2D eigenvalue weighted by molar-refractivity contribution is 14.0. The molecule has 1 fully saturated rings. The molecule has 0 unspecified atom stereocenters. The molecule has 0 saturated heterocycles. The van der Waals surface area contributed by atoms with Gasteiger partial charge in [-0.2, -0.15) is 0 Å². The van der Waals surface area contributed by atoms with Gasteiger partial charge in [0, 0.05) is 45.8 Å². The van der Waals surface area contributed by atoms with E-state index >= 15 is 0 Å². The Hall–Kier alpha value is -0.900. The van der Waals surface area contributed by atoms with Crippen molar-refractivity contribution in [3.63, 3.8) is 0 Å². The summed E-state index contributed by atoms with van der Waals surface area (Å²) in [5, 5.41) is 15.1. The van der Waals surface area contributed by atoms with Crippen molar-refractivity contribution in [3.8, 4) is 0 Å². The van der Waals surface area contributed by atoms with E-state index in [0.717, 1.165) is 50.9 Å². The molecule has 1 saturated carbocycles. The monoisotopic (exact) mass is 450 g/mol. The van der Waals surface area contributed by atoms with E-state index in [4.69, 9.17) is 4.74 Å². The molecule has 0 amide bonds. The molecule has 1 aliphatic carbocycles. The largest absolute Gasteiger partial charge is 0.385 e. The topological polar surface area (TPSA) is 76.4 Å². The first-order valence-corrected chi connectivity index (χ1v) is 8.74. The van der Waals surface area contributed by atoms with Gasteiger partial charge in [0.25, 0.3) is 0 Å². The van der Waals surface area contributed by atoms with Crippen LogP contribution in [0.3, 0.4) is 0 Å². The van der Waals surface area contributed by atoms with Crippen LogP contribution in [0.1, 0.15) is 44.9 Å². The zero-order valence-electron chi connectivity index (χ0n) is 14.8. The first-order valence-electron chi connectivity index (χ1n) is 8.74. The number of hydrogen-bond donors (Lipinski definition) is 2. The van der Waals surface area contributed by atoms with Gasteiger partial charge in [-0.05, 0) is 19.3 Å². The third-order valence-corrected chi connectivity index (χ3v) is 4.13. The number of nitrogens with zero attached hydrogens (tertiary/aromatic N) is 4. The first-order chi connectivity index (χ1) is 11.3. The molecular weight excluding hydrogens is 419 g/mol. The number of aryl methyl sites for hydroxylation is 1. The summed E-state index contributed by atoms with van der Waals surface area (Å²) in [6, 6.07) is 0.560. The van der Waals surface area contributed by atoms with Gasteiger partial charge in [-0.1, -0.05) is 19.8 Å². The van der Waals surface area contributed by atoms with Crippen LogP contribution in [0.5, 0.6) is 0 Å². The van der Waals surface area contributed by atoms with Gasteiger partial charge in [0.1, 0.15) is 12.2 Å². The number of hydrogen-bond acceptors (Lipinski definition) is 4. The molecule has 1 aliphatic rings. The summed E-state index contributed by atoms with van der Waals surface area (Å²) in [5.74, 6) is 1.94. The fourth-order valence-corrected chi connectivity index (χ4v) is 2.85. The van der Waals surface area contributed by atoms with E-state index in [9.17, 15) is 0 Å². The van der Waals surface area contributed by atoms with Crippen molar-refractivity contribution in [2.45, 2.75) is 58.0 Å². The maximum Gasteiger partial charge on any atom is 0.191 e. The lowest BCUT2D eigenvalue weighted by Gasteiger charge is -2.17. The average Bonchev–Trinajstić information content (AvgIpc) is 3.22. The minimum absolute atomic E-state index is 0. The molecule has 1 aromatic heterocycles. The van der Waals surface area contributed by atoms with Gasteiger partial charge in [0.2, 0.25) is 0 Å². The van der Waals surface area contributed by atoms with E-state index in [-0.39, 0.29) is 24.0 Å². The zero-order valence-corrected chi connectivity index (χ0v) is 17.2. The van der Waals surface area contributed by atoms with Gasteiger partial charge in [0.05, 0.1) is 0 Å². The van der Waals surface area contributed by atoms with Gasteiger partial charge in [-0.15, -0.1) is 34.2 Å². The predicted molar refractivity (Wildman–Crippen MR) is 107 cm³/mol. The number of nitrogens with one attached hydrogen (secondary N) is 2. The molecule has 24 heavy (non-hydrogen) atoms. The fourth-order valence-electron chi connectivity index (χ4n) is 2.85. The van der Waals surface area contributed by atoms with Gasteiger partial charge in [-0.25, -0.2) is 0 Å². The number of guanidine groups is 1. The minimum Gasteiger partial charge on any atom is -0.385 e. The lowest BCUT2D eigenvalue weighted by molar-refractivity contribution is 0.197. The van der Waals surface area contributed by atoms with Crippen LogP contribution in [-0.4, -0.2) is 53.6 Å². The molecule has 0 aliphatic heterocycles. The standard InChI is InChI=1S/C16H30N6O.HI/c1-3-15-21-19-13-22(15)11-10-18-16(17-9-6-12-23-2)20-14-7-4-5-8-14;/h13-14H,3-12H2,1-2H3,(H2,17,18,20);1H. The zero-order chi connectivity index (χ0) is 16.3. The molecule has 0 aromatic carbocycles. The van der Waals surface area contributed by atoms with E-state index < -0.39 is 0 Å². The molecule has 2 N–H and O–H groups in total. The van der Waals surface area contributed by atoms with E-state index in [1.165, 1.54) is 25.7 Å². The highest BCUT2D eigenvalue weighted by Gasteiger charge is 2.16. The Morgan fingerprint density at radius 2 is 2.21 bits per heavy atom. The second kappa shape index (κ2) is 12.5. The summed E-state index contributed by atoms with van der Waals surface area (Å²) in [6.45, 7) is 5.29. The lowest BCUT2D eigenvalue weighted by atomic mass is 10.2. The highest BCUT2D eigenvalue weighted by Crippen LogP contribution is 2.17. The number of methoxy groups -OCH3 is 1. The van der Waals surface area contributed by atoms with E-state index in [2.05, 4.69) is 37.3 Å². The summed E-state index contributed by atoms with van der Waals surface area (Å²) in [7, 11) is 1.73. The number of halogens is 1. The Morgan fingerprint density at radius 1 is 1.42 bits per heavy atom. The van der Waals surface area contributed by atoms with Gasteiger partial charge < -0.3 is 19.9 Å². The Morgan fingerprint density at radius 3 is 2.92 bits per heavy atom. The molecule has 1 aromatic rings. The van der Waals surface area contributed by atoms with Gasteiger partial charge >= 0.3 is 0 Å². The van der Waals surface area contributed by atoms with Crippen LogP contribution >= 0.6 is 24.0 Å². The normalized spacial score (nSPS) is 15.3. The summed E-state index contributed by atoms with van der Waals surface area (Å²) < 4.78 is 7.17. The van der Waals surface area contributed by atoms with Crippen LogP contribution in [0.15, 0.2) is 11.3 Å². The van der Waals surface area contributed by atoms with Crippen molar-refractivity contribution in [2.24, 2.45) is 4.99 Å². The number of aromatic nitrogens is 3. The molecule has 2 rings (SSSR count). The molecule has 1 heterocycles. The van der Waals surface area contributed by atoms with Crippen molar-refractivity contribution in [2.75, 3.05) is 26.8 Å². The fraction of sp³-hybridized carbons (Fsp3) is 0.812. The smallest absolute Gasteiger partial charge is 0.191 e. The summed E-state index contributed by atoms with van der Waals surface area (Å²) in [5.41, 5.74) is 0. The average molecular weight is 450 g/mol. The quantitative estimate of drug-likeness (QED) is 0.261. The van der Waals surface area contributed by atoms with Crippen molar-refractivity contribution < 1.29 is 4.74 Å². The molecule has 0 radical (unpaired) electrons. The van der Waals surface area contributed by atoms with Crippen LogP contribution in [0.4, 0.5) is 0 Å². The van der Waals surface area contributed by atoms with Crippen molar-refractivity contribution in [1.82, 2.24) is 25.4 Å². The van der Waals surface area contributed by atoms with Gasteiger partial charge in [-0.3, -0.25) is 4.99 Å². The van der Waals surface area contributed by atoms with Crippen molar-refractivity contribution in [1.29, 1.82) is 0 Å². The Balaban J connectivity index is 0.00000288. The summed E-state index contributed by atoms with van der Waals surface area (Å²) >= 11 is 0. The van der Waals surface area contributed by atoms with Crippen LogP contribution in [0.2, 0.25) is 0 Å². The first kappa shape index (κ1) is 21.1. The Labute approximate surface area is 162 Å². The summed E-state index contributed by atoms with van der Waals surface area (Å²) in [4.78, 5) is 4.66. The lowest BCUT2D eigenvalue weighted by Crippen LogP contribution is -2.43. The SMILES string of the molecule is CCc1nncn1CCNC(=NCCCOC)NC1CCCC1.I. The predicted octanol–water partition coefficient (Wildman–Crippen LogP) is 1.97. The molecule has 7 nitrogen and oxygen atoms in total. The number of rotatable bonds is 9. The molecule has 0 bridgehead atoms. The summed E-state index contributed by atoms with van der Waals surface area (Å²) in [6.07, 6.45) is 8.75. The molecule has 138 valence electrons. The molecule has 8 heteroatoms. The molecular formula is C16H31IN6O. The second-order valence-corrected chi connectivity index (χ2v) is 5.92. The Bertz CT molecular complexity index is 473. The van der Waals surface area contributed by atoms with Crippen LogP contribution in [0.25, 0.3) is 0 Å². The van der Waals surface area contributed by atoms with E-state index in [1.54, 1.807) is 13.4 Å². The van der Waals surface area contributed by atoms with Crippen LogP contribution in [-0.2, 0) is 17.7 Å².